The van der Waals surface area contributed by atoms with Gasteiger partial charge in [0.25, 0.3) is 5.91 Å². The molecule has 4 N–H and O–H groups in total. The van der Waals surface area contributed by atoms with E-state index in [2.05, 4.69) is 10.3 Å². The van der Waals surface area contributed by atoms with Crippen LogP contribution >= 0.6 is 11.6 Å². The average Bonchev–Trinajstić information content (AvgIpc) is 2.88. The van der Waals surface area contributed by atoms with Gasteiger partial charge in [0.2, 0.25) is 0 Å². The van der Waals surface area contributed by atoms with Crippen molar-refractivity contribution in [1.82, 2.24) is 10.3 Å². The van der Waals surface area contributed by atoms with Gasteiger partial charge >= 0.3 is 0 Å². The fourth-order valence-corrected chi connectivity index (χ4v) is 2.69. The summed E-state index contributed by atoms with van der Waals surface area (Å²) in [6, 6.07) is 1.50. The Hall–Kier alpha value is -1.33. The van der Waals surface area contributed by atoms with E-state index >= 15 is 0 Å². The summed E-state index contributed by atoms with van der Waals surface area (Å²) >= 11 is 5.88. The summed E-state index contributed by atoms with van der Waals surface area (Å²) in [5.74, 6) is -0.301. The lowest BCUT2D eigenvalue weighted by Gasteiger charge is -2.26. The molecule has 1 aliphatic carbocycles. The largest absolute Gasteiger partial charge is 0.397 e. The zero-order valence-electron chi connectivity index (χ0n) is 10.7. The van der Waals surface area contributed by atoms with E-state index in [-0.39, 0.29) is 28.6 Å². The number of rotatable bonds is 4. The highest BCUT2D eigenvalue weighted by Gasteiger charge is 2.33. The molecule has 1 fully saturated rings. The van der Waals surface area contributed by atoms with Crippen LogP contribution in [0.5, 0.6) is 0 Å². The van der Waals surface area contributed by atoms with Crippen LogP contribution in [0.1, 0.15) is 36.0 Å². The molecule has 0 radical (unpaired) electrons. The zero-order chi connectivity index (χ0) is 13.9. The number of pyridine rings is 1. The minimum Gasteiger partial charge on any atom is -0.397 e. The molecule has 19 heavy (non-hydrogen) atoms. The van der Waals surface area contributed by atoms with Crippen molar-refractivity contribution in [3.8, 4) is 0 Å². The first kappa shape index (κ1) is 14.1. The number of halogens is 1. The number of anilines is 1. The van der Waals surface area contributed by atoms with Crippen LogP contribution in [-0.2, 0) is 0 Å². The number of nitrogens with two attached hydrogens (primary N) is 1. The van der Waals surface area contributed by atoms with Gasteiger partial charge in [0.1, 0.15) is 5.15 Å². The Kier molecular flexibility index (Phi) is 4.27. The lowest BCUT2D eigenvalue weighted by Crippen LogP contribution is -2.38. The lowest BCUT2D eigenvalue weighted by molar-refractivity contribution is 0.0880. The molecule has 1 saturated carbocycles. The highest BCUT2D eigenvalue weighted by atomic mass is 35.5. The van der Waals surface area contributed by atoms with E-state index in [4.69, 9.17) is 17.3 Å². The number of nitrogens with one attached hydrogen (secondary N) is 1. The predicted molar refractivity (Wildman–Crippen MR) is 74.0 cm³/mol. The van der Waals surface area contributed by atoms with E-state index in [0.717, 1.165) is 25.7 Å². The molecule has 0 aliphatic heterocycles. The minimum atomic E-state index is -0.301. The average molecular weight is 284 g/mol. The van der Waals surface area contributed by atoms with Crippen molar-refractivity contribution in [2.75, 3.05) is 18.9 Å². The molecule has 0 bridgehead atoms. The third-order valence-electron chi connectivity index (χ3n) is 3.73. The van der Waals surface area contributed by atoms with E-state index in [1.54, 1.807) is 0 Å². The number of hydrogen-bond acceptors (Lipinski definition) is 4. The van der Waals surface area contributed by atoms with Crippen molar-refractivity contribution in [3.05, 3.63) is 23.0 Å². The van der Waals surface area contributed by atoms with Crippen molar-refractivity contribution in [3.63, 3.8) is 0 Å². The maximum absolute atomic E-state index is 12.1. The molecule has 1 heterocycles. The molecule has 2 rings (SSSR count). The van der Waals surface area contributed by atoms with Gasteiger partial charge in [-0.25, -0.2) is 4.98 Å². The fraction of sp³-hybridized carbons (Fsp3) is 0.538. The molecule has 0 spiro atoms. The van der Waals surface area contributed by atoms with E-state index < -0.39 is 0 Å². The van der Waals surface area contributed by atoms with Gasteiger partial charge in [-0.05, 0) is 18.9 Å². The molecule has 104 valence electrons. The van der Waals surface area contributed by atoms with Crippen molar-refractivity contribution >= 4 is 23.2 Å². The molecule has 0 unspecified atom stereocenters. The Bertz CT molecular complexity index is 473. The Morgan fingerprint density at radius 1 is 1.53 bits per heavy atom. The highest BCUT2D eigenvalue weighted by molar-refractivity contribution is 6.32. The zero-order valence-corrected chi connectivity index (χ0v) is 11.4. The smallest absolute Gasteiger partial charge is 0.254 e. The second-order valence-corrected chi connectivity index (χ2v) is 5.51. The van der Waals surface area contributed by atoms with Gasteiger partial charge in [0.15, 0.2) is 0 Å². The Morgan fingerprint density at radius 3 is 2.84 bits per heavy atom. The normalized spacial score (nSPS) is 17.4. The molecule has 5 nitrogen and oxygen atoms in total. The second-order valence-electron chi connectivity index (χ2n) is 5.15. The number of nitrogen functional groups attached to an aromatic ring is 1. The van der Waals surface area contributed by atoms with Crippen molar-refractivity contribution in [1.29, 1.82) is 0 Å². The maximum Gasteiger partial charge on any atom is 0.254 e. The van der Waals surface area contributed by atoms with Crippen LogP contribution in [-0.4, -0.2) is 29.1 Å². The van der Waals surface area contributed by atoms with Crippen LogP contribution < -0.4 is 11.1 Å². The van der Waals surface area contributed by atoms with E-state index in [9.17, 15) is 9.90 Å². The number of amides is 1. The molecule has 1 aromatic rings. The number of hydrogen-bond donors (Lipinski definition) is 3. The summed E-state index contributed by atoms with van der Waals surface area (Å²) in [5.41, 5.74) is 6.08. The second kappa shape index (κ2) is 5.75. The summed E-state index contributed by atoms with van der Waals surface area (Å²) in [6.07, 6.45) is 5.47. The van der Waals surface area contributed by atoms with Crippen LogP contribution in [0.4, 0.5) is 5.69 Å². The van der Waals surface area contributed by atoms with Crippen LogP contribution in [0.2, 0.25) is 5.15 Å². The van der Waals surface area contributed by atoms with Gasteiger partial charge in [-0.15, -0.1) is 0 Å². The molecule has 0 saturated heterocycles. The molecule has 6 heteroatoms. The van der Waals surface area contributed by atoms with Crippen LogP contribution in [0.25, 0.3) is 0 Å². The molecular weight excluding hydrogens is 266 g/mol. The number of nitrogens with zero attached hydrogens (tertiary/aromatic N) is 1. The van der Waals surface area contributed by atoms with Gasteiger partial charge in [-0.1, -0.05) is 24.4 Å². The number of aliphatic hydroxyl groups excluding tert-OH is 1. The Balaban J connectivity index is 2.03. The van der Waals surface area contributed by atoms with Crippen LogP contribution in [0, 0.1) is 5.41 Å². The summed E-state index contributed by atoms with van der Waals surface area (Å²) in [6.45, 7) is 0.545. The van der Waals surface area contributed by atoms with Gasteiger partial charge in [0, 0.05) is 12.0 Å². The quantitative estimate of drug-likeness (QED) is 0.732. The summed E-state index contributed by atoms with van der Waals surface area (Å²) in [7, 11) is 0. The van der Waals surface area contributed by atoms with Crippen LogP contribution in [0.3, 0.4) is 0 Å². The third-order valence-corrected chi connectivity index (χ3v) is 4.03. The van der Waals surface area contributed by atoms with E-state index in [0.29, 0.717) is 12.2 Å². The van der Waals surface area contributed by atoms with Crippen molar-refractivity contribution in [2.45, 2.75) is 25.7 Å². The number of carbonyl (C=O) groups is 1. The molecule has 1 amide bonds. The SMILES string of the molecule is Nc1cnc(Cl)c(C(=O)NCC2(CO)CCCC2)c1. The van der Waals surface area contributed by atoms with Gasteiger partial charge < -0.3 is 16.2 Å². The maximum atomic E-state index is 12.1. The standard InChI is InChI=1S/C13H18ClN3O2/c14-11-10(5-9(15)6-16-11)12(19)17-7-13(8-18)3-1-2-4-13/h5-6,18H,1-4,7-8,15H2,(H,17,19). The first-order valence-electron chi connectivity index (χ1n) is 6.36. The Labute approximate surface area is 117 Å². The number of aliphatic hydroxyl groups is 1. The first-order chi connectivity index (χ1) is 9.06. The molecule has 0 aromatic carbocycles. The predicted octanol–water partition coefficient (Wildman–Crippen LogP) is 1.60. The minimum absolute atomic E-state index is 0.0934. The number of carbonyl (C=O) groups excluding carboxylic acids is 1. The topological polar surface area (TPSA) is 88.2 Å². The first-order valence-corrected chi connectivity index (χ1v) is 6.74. The van der Waals surface area contributed by atoms with Gasteiger partial charge in [0.05, 0.1) is 24.1 Å². The molecule has 1 aromatic heterocycles. The number of aromatic nitrogens is 1. The van der Waals surface area contributed by atoms with Gasteiger partial charge in [-0.3, -0.25) is 4.79 Å². The van der Waals surface area contributed by atoms with Crippen molar-refractivity contribution in [2.24, 2.45) is 5.41 Å². The summed E-state index contributed by atoms with van der Waals surface area (Å²) in [4.78, 5) is 15.9. The van der Waals surface area contributed by atoms with E-state index in [1.165, 1.54) is 12.3 Å². The van der Waals surface area contributed by atoms with Gasteiger partial charge in [-0.2, -0.15) is 0 Å². The molecule has 0 atom stereocenters. The molecular formula is C13H18ClN3O2. The summed E-state index contributed by atoms with van der Waals surface area (Å²) in [5, 5.41) is 12.4. The monoisotopic (exact) mass is 283 g/mol. The molecule has 1 aliphatic rings. The van der Waals surface area contributed by atoms with Crippen molar-refractivity contribution < 1.29 is 9.90 Å². The third kappa shape index (κ3) is 3.16. The Morgan fingerprint density at radius 2 is 2.21 bits per heavy atom. The fourth-order valence-electron chi connectivity index (χ4n) is 2.50. The highest BCUT2D eigenvalue weighted by Crippen LogP contribution is 2.36. The lowest BCUT2D eigenvalue weighted by atomic mass is 9.87. The van der Waals surface area contributed by atoms with E-state index in [1.807, 2.05) is 0 Å². The summed E-state index contributed by atoms with van der Waals surface area (Å²) < 4.78 is 0. The van der Waals surface area contributed by atoms with Crippen LogP contribution in [0.15, 0.2) is 12.3 Å².